The smallest absolute Gasteiger partial charge is 0.387 e. The quantitative estimate of drug-likeness (QED) is 0.364. The highest BCUT2D eigenvalue weighted by Gasteiger charge is 2.08. The van der Waals surface area contributed by atoms with Crippen molar-refractivity contribution in [2.45, 2.75) is 26.5 Å². The van der Waals surface area contributed by atoms with Crippen LogP contribution in [0.5, 0.6) is 5.75 Å². The number of pyridine rings is 1. The minimum Gasteiger partial charge on any atom is -0.435 e. The van der Waals surface area contributed by atoms with Crippen molar-refractivity contribution in [2.75, 3.05) is 20.6 Å². The number of benzene rings is 1. The van der Waals surface area contributed by atoms with Crippen LogP contribution in [0.25, 0.3) is 0 Å². The third-order valence-electron chi connectivity index (χ3n) is 3.96. The van der Waals surface area contributed by atoms with Gasteiger partial charge in [-0.15, -0.1) is 24.0 Å². The average molecular weight is 490 g/mol. The molecule has 0 aliphatic carbocycles. The lowest BCUT2D eigenvalue weighted by Gasteiger charge is -2.22. The summed E-state index contributed by atoms with van der Waals surface area (Å²) in [7, 11) is 3.66. The van der Waals surface area contributed by atoms with Gasteiger partial charge < -0.3 is 15.0 Å². The number of nitrogens with one attached hydrogen (secondary N) is 1. The van der Waals surface area contributed by atoms with E-state index in [-0.39, 0.29) is 29.7 Å². The first kappa shape index (κ1) is 23.1. The van der Waals surface area contributed by atoms with Gasteiger partial charge in [-0.25, -0.2) is 0 Å². The Bertz CT molecular complexity index is 726. The molecule has 8 heteroatoms. The second kappa shape index (κ2) is 11.7. The zero-order valence-corrected chi connectivity index (χ0v) is 18.0. The van der Waals surface area contributed by atoms with Crippen molar-refractivity contribution in [3.63, 3.8) is 0 Å². The zero-order chi connectivity index (χ0) is 18.9. The van der Waals surface area contributed by atoms with Crippen LogP contribution < -0.4 is 10.1 Å². The van der Waals surface area contributed by atoms with Gasteiger partial charge in [-0.05, 0) is 48.2 Å². The van der Waals surface area contributed by atoms with Crippen LogP contribution in [0.1, 0.15) is 16.7 Å². The van der Waals surface area contributed by atoms with Gasteiger partial charge in [-0.1, -0.05) is 12.1 Å². The summed E-state index contributed by atoms with van der Waals surface area (Å²) in [6, 6.07) is 8.63. The number of hydrogen-bond donors (Lipinski definition) is 1. The molecule has 0 saturated carbocycles. The van der Waals surface area contributed by atoms with E-state index in [2.05, 4.69) is 20.0 Å². The molecule has 1 aromatic carbocycles. The molecule has 0 radical (unpaired) electrons. The summed E-state index contributed by atoms with van der Waals surface area (Å²) in [4.78, 5) is 10.4. The van der Waals surface area contributed by atoms with Gasteiger partial charge in [-0.3, -0.25) is 9.98 Å². The van der Waals surface area contributed by atoms with Crippen LogP contribution >= 0.6 is 24.0 Å². The lowest BCUT2D eigenvalue weighted by atomic mass is 10.1. The van der Waals surface area contributed by atoms with E-state index < -0.39 is 6.61 Å². The second-order valence-corrected chi connectivity index (χ2v) is 5.90. The Morgan fingerprint density at radius 1 is 1.26 bits per heavy atom. The Hall–Kier alpha value is -1.97. The summed E-state index contributed by atoms with van der Waals surface area (Å²) in [6.45, 7) is 0.590. The second-order valence-electron chi connectivity index (χ2n) is 5.90. The number of nitrogens with zero attached hydrogens (tertiary/aromatic N) is 3. The van der Waals surface area contributed by atoms with E-state index in [1.807, 2.05) is 31.1 Å². The van der Waals surface area contributed by atoms with Crippen LogP contribution in [0.4, 0.5) is 8.78 Å². The molecule has 0 fully saturated rings. The monoisotopic (exact) mass is 490 g/mol. The van der Waals surface area contributed by atoms with Gasteiger partial charge in [0.05, 0.1) is 0 Å². The summed E-state index contributed by atoms with van der Waals surface area (Å²) in [5.74, 6) is 0.922. The van der Waals surface area contributed by atoms with E-state index in [1.54, 1.807) is 25.4 Å². The van der Waals surface area contributed by atoms with Crippen molar-refractivity contribution >= 4 is 29.9 Å². The minimum atomic E-state index is -2.81. The van der Waals surface area contributed by atoms with Crippen LogP contribution in [0.3, 0.4) is 0 Å². The number of aryl methyl sites for hydroxylation is 1. The number of ether oxygens (including phenoxy) is 1. The molecule has 0 bridgehead atoms. The molecule has 2 rings (SSSR count). The Morgan fingerprint density at radius 2 is 1.96 bits per heavy atom. The molecule has 2 aromatic rings. The first-order valence-corrected chi connectivity index (χ1v) is 8.34. The lowest BCUT2D eigenvalue weighted by molar-refractivity contribution is -0.0498. The number of rotatable bonds is 7. The molecule has 148 valence electrons. The molecule has 1 aromatic heterocycles. The van der Waals surface area contributed by atoms with Crippen molar-refractivity contribution in [2.24, 2.45) is 4.99 Å². The third kappa shape index (κ3) is 7.66. The summed E-state index contributed by atoms with van der Waals surface area (Å²) >= 11 is 0. The standard InChI is InChI=1S/C19H24F2N4O.HI/c1-14-12-23-10-8-16(14)9-11-24-19(22-2)25(3)13-15-4-6-17(7-5-15)26-18(20)21;/h4-8,10,12,18H,9,11,13H2,1-3H3,(H,22,24);1H. The topological polar surface area (TPSA) is 49.8 Å². The molecular weight excluding hydrogens is 465 g/mol. The van der Waals surface area contributed by atoms with E-state index in [1.165, 1.54) is 23.3 Å². The molecule has 1 N–H and O–H groups in total. The van der Waals surface area contributed by atoms with Gasteiger partial charge in [0, 0.05) is 39.6 Å². The largest absolute Gasteiger partial charge is 0.435 e. The van der Waals surface area contributed by atoms with Gasteiger partial charge in [0.2, 0.25) is 0 Å². The van der Waals surface area contributed by atoms with Crippen LogP contribution in [0.2, 0.25) is 0 Å². The van der Waals surface area contributed by atoms with E-state index in [0.29, 0.717) is 6.54 Å². The maximum atomic E-state index is 12.2. The van der Waals surface area contributed by atoms with E-state index in [9.17, 15) is 8.78 Å². The zero-order valence-electron chi connectivity index (χ0n) is 15.7. The van der Waals surface area contributed by atoms with Crippen molar-refractivity contribution in [1.29, 1.82) is 0 Å². The van der Waals surface area contributed by atoms with Crippen LogP contribution in [0, 0.1) is 6.92 Å². The first-order chi connectivity index (χ1) is 12.5. The summed E-state index contributed by atoms with van der Waals surface area (Å²) in [6.07, 6.45) is 4.53. The first-order valence-electron chi connectivity index (χ1n) is 8.34. The number of alkyl halides is 2. The van der Waals surface area contributed by atoms with Crippen molar-refractivity contribution in [1.82, 2.24) is 15.2 Å². The maximum absolute atomic E-state index is 12.2. The van der Waals surface area contributed by atoms with Gasteiger partial charge in [0.15, 0.2) is 5.96 Å². The minimum absolute atomic E-state index is 0. The number of aromatic nitrogens is 1. The average Bonchev–Trinajstić information content (AvgIpc) is 2.61. The highest BCUT2D eigenvalue weighted by atomic mass is 127. The van der Waals surface area contributed by atoms with Gasteiger partial charge in [0.1, 0.15) is 5.75 Å². The maximum Gasteiger partial charge on any atom is 0.387 e. The SMILES string of the molecule is CN=C(NCCc1ccncc1C)N(C)Cc1ccc(OC(F)F)cc1.I. The van der Waals surface area contributed by atoms with E-state index in [0.717, 1.165) is 24.5 Å². The Labute approximate surface area is 175 Å². The van der Waals surface area contributed by atoms with E-state index >= 15 is 0 Å². The molecule has 0 saturated heterocycles. The normalized spacial score (nSPS) is 11.1. The number of halogens is 3. The molecule has 1 heterocycles. The molecule has 0 amide bonds. The van der Waals surface area contributed by atoms with Gasteiger partial charge in [-0.2, -0.15) is 8.78 Å². The lowest BCUT2D eigenvalue weighted by Crippen LogP contribution is -2.39. The Morgan fingerprint density at radius 3 is 2.56 bits per heavy atom. The van der Waals surface area contributed by atoms with E-state index in [4.69, 9.17) is 0 Å². The highest BCUT2D eigenvalue weighted by Crippen LogP contribution is 2.15. The number of guanidine groups is 1. The molecule has 27 heavy (non-hydrogen) atoms. The predicted molar refractivity (Wildman–Crippen MR) is 114 cm³/mol. The van der Waals surface area contributed by atoms with Gasteiger partial charge in [0.25, 0.3) is 0 Å². The summed E-state index contributed by atoms with van der Waals surface area (Å²) in [5.41, 5.74) is 3.39. The van der Waals surface area contributed by atoms with Crippen LogP contribution in [-0.4, -0.2) is 43.1 Å². The molecule has 5 nitrogen and oxygen atoms in total. The Balaban J connectivity index is 0.00000364. The highest BCUT2D eigenvalue weighted by molar-refractivity contribution is 14.0. The summed E-state index contributed by atoms with van der Waals surface area (Å²) in [5, 5.41) is 3.33. The molecule has 0 atom stereocenters. The predicted octanol–water partition coefficient (Wildman–Crippen LogP) is 3.86. The fourth-order valence-corrected chi connectivity index (χ4v) is 2.60. The molecule has 0 unspecified atom stereocenters. The third-order valence-corrected chi connectivity index (χ3v) is 3.96. The molecule has 0 spiro atoms. The van der Waals surface area contributed by atoms with Crippen molar-refractivity contribution < 1.29 is 13.5 Å². The van der Waals surface area contributed by atoms with Crippen LogP contribution in [-0.2, 0) is 13.0 Å². The Kier molecular flexibility index (Phi) is 9.98. The fraction of sp³-hybridized carbons (Fsp3) is 0.368. The molecular formula is C19H25F2IN4O. The molecule has 0 aliphatic heterocycles. The fourth-order valence-electron chi connectivity index (χ4n) is 2.60. The number of aliphatic imine (C=N–C) groups is 1. The van der Waals surface area contributed by atoms with Crippen molar-refractivity contribution in [3.8, 4) is 5.75 Å². The van der Waals surface area contributed by atoms with Gasteiger partial charge >= 0.3 is 6.61 Å². The molecule has 0 aliphatic rings. The summed E-state index contributed by atoms with van der Waals surface area (Å²) < 4.78 is 28.7. The van der Waals surface area contributed by atoms with Crippen LogP contribution in [0.15, 0.2) is 47.7 Å². The van der Waals surface area contributed by atoms with Crippen molar-refractivity contribution in [3.05, 3.63) is 59.4 Å². The number of hydrogen-bond acceptors (Lipinski definition) is 3.